The number of aryl methyl sites for hydroxylation is 1. The van der Waals surface area contributed by atoms with Gasteiger partial charge >= 0.3 is 0 Å². The number of rotatable bonds is 4. The third kappa shape index (κ3) is 3.99. The van der Waals surface area contributed by atoms with E-state index >= 15 is 0 Å². The minimum Gasteiger partial charge on any atom is -0.348 e. The third-order valence-corrected chi connectivity index (χ3v) is 4.42. The topological polar surface area (TPSA) is 72.9 Å². The molecule has 1 aliphatic rings. The molecule has 1 amide bonds. The fourth-order valence-electron chi connectivity index (χ4n) is 3.13. The van der Waals surface area contributed by atoms with Crippen LogP contribution >= 0.6 is 0 Å². The highest BCUT2D eigenvalue weighted by molar-refractivity contribution is 5.92. The molecule has 1 fully saturated rings. The second-order valence-corrected chi connectivity index (χ2v) is 6.40. The molecule has 3 N–H and O–H groups in total. The molecule has 1 aromatic heterocycles. The number of hydrogen-bond donors (Lipinski definition) is 2. The molecule has 0 unspecified atom stereocenters. The van der Waals surface area contributed by atoms with Crippen LogP contribution < -0.4 is 11.1 Å². The first-order chi connectivity index (χ1) is 11.1. The number of aromatic nitrogens is 2. The zero-order chi connectivity index (χ0) is 16.2. The van der Waals surface area contributed by atoms with E-state index in [1.165, 1.54) is 0 Å². The number of nitrogens with one attached hydrogen (secondary N) is 1. The molecule has 5 heteroatoms. The fourth-order valence-corrected chi connectivity index (χ4v) is 3.13. The van der Waals surface area contributed by atoms with Crippen molar-refractivity contribution in [3.8, 4) is 0 Å². The average molecular weight is 312 g/mol. The van der Waals surface area contributed by atoms with E-state index in [1.54, 1.807) is 4.68 Å². The summed E-state index contributed by atoms with van der Waals surface area (Å²) in [5.41, 5.74) is 8.54. The monoisotopic (exact) mass is 312 g/mol. The van der Waals surface area contributed by atoms with E-state index in [4.69, 9.17) is 5.73 Å². The molecule has 2 aromatic rings. The van der Waals surface area contributed by atoms with Crippen LogP contribution in [-0.4, -0.2) is 27.8 Å². The number of carbonyl (C=O) groups is 1. The third-order valence-electron chi connectivity index (χ3n) is 4.42. The molecule has 0 radical (unpaired) electrons. The van der Waals surface area contributed by atoms with Gasteiger partial charge in [0, 0.05) is 12.1 Å². The van der Waals surface area contributed by atoms with E-state index in [1.807, 2.05) is 43.3 Å². The molecule has 23 heavy (non-hydrogen) atoms. The van der Waals surface area contributed by atoms with E-state index in [0.29, 0.717) is 12.2 Å². The summed E-state index contributed by atoms with van der Waals surface area (Å²) in [5.74, 6) is -0.0398. The van der Waals surface area contributed by atoms with Gasteiger partial charge in [-0.15, -0.1) is 0 Å². The van der Waals surface area contributed by atoms with Gasteiger partial charge in [0.2, 0.25) is 0 Å². The first-order valence-corrected chi connectivity index (χ1v) is 8.26. The van der Waals surface area contributed by atoms with E-state index < -0.39 is 0 Å². The predicted octanol–water partition coefficient (Wildman–Crippen LogP) is 2.24. The Labute approximate surface area is 136 Å². The molecule has 0 bridgehead atoms. The van der Waals surface area contributed by atoms with Gasteiger partial charge in [-0.1, -0.05) is 30.3 Å². The molecule has 0 saturated heterocycles. The normalized spacial score (nSPS) is 21.1. The van der Waals surface area contributed by atoms with Crippen LogP contribution in [0.15, 0.2) is 36.4 Å². The molecule has 1 aromatic carbocycles. The lowest BCUT2D eigenvalue weighted by Gasteiger charge is -2.26. The summed E-state index contributed by atoms with van der Waals surface area (Å²) in [7, 11) is 0. The highest BCUT2D eigenvalue weighted by Crippen LogP contribution is 2.18. The zero-order valence-electron chi connectivity index (χ0n) is 13.5. The van der Waals surface area contributed by atoms with Crippen LogP contribution in [0.5, 0.6) is 0 Å². The van der Waals surface area contributed by atoms with Gasteiger partial charge in [0.1, 0.15) is 5.69 Å². The van der Waals surface area contributed by atoms with Crippen LogP contribution in [0.3, 0.4) is 0 Å². The largest absolute Gasteiger partial charge is 0.348 e. The minimum absolute atomic E-state index is 0.0398. The first kappa shape index (κ1) is 15.7. The fraction of sp³-hybridized carbons (Fsp3) is 0.444. The van der Waals surface area contributed by atoms with Crippen molar-refractivity contribution in [1.82, 2.24) is 15.1 Å². The van der Waals surface area contributed by atoms with Crippen molar-refractivity contribution in [2.45, 2.75) is 51.2 Å². The van der Waals surface area contributed by atoms with Crippen LogP contribution in [0.25, 0.3) is 0 Å². The Morgan fingerprint density at radius 1 is 1.26 bits per heavy atom. The van der Waals surface area contributed by atoms with Crippen molar-refractivity contribution in [3.63, 3.8) is 0 Å². The minimum atomic E-state index is -0.0398. The average Bonchev–Trinajstić information content (AvgIpc) is 2.91. The molecule has 5 nitrogen and oxygen atoms in total. The van der Waals surface area contributed by atoms with Crippen LogP contribution in [0.4, 0.5) is 0 Å². The molecular formula is C18H24N4O. The van der Waals surface area contributed by atoms with Gasteiger partial charge in [-0.3, -0.25) is 9.48 Å². The second-order valence-electron chi connectivity index (χ2n) is 6.40. The summed E-state index contributed by atoms with van der Waals surface area (Å²) in [6.45, 7) is 2.52. The molecule has 3 rings (SSSR count). The Morgan fingerprint density at radius 2 is 1.96 bits per heavy atom. The van der Waals surface area contributed by atoms with Gasteiger partial charge in [0.15, 0.2) is 0 Å². The summed E-state index contributed by atoms with van der Waals surface area (Å²) in [5, 5.41) is 7.61. The van der Waals surface area contributed by atoms with Crippen molar-refractivity contribution in [1.29, 1.82) is 0 Å². The Hall–Kier alpha value is -2.14. The Bertz CT molecular complexity index is 657. The number of hydrogen-bond acceptors (Lipinski definition) is 3. The van der Waals surface area contributed by atoms with Crippen LogP contribution in [0, 0.1) is 6.92 Å². The van der Waals surface area contributed by atoms with Crippen LogP contribution in [-0.2, 0) is 6.54 Å². The van der Waals surface area contributed by atoms with Crippen molar-refractivity contribution < 1.29 is 4.79 Å². The van der Waals surface area contributed by atoms with Crippen molar-refractivity contribution in [2.24, 2.45) is 5.73 Å². The number of nitrogens with zero attached hydrogens (tertiary/aromatic N) is 2. The molecule has 0 atom stereocenters. The number of amides is 1. The van der Waals surface area contributed by atoms with Crippen molar-refractivity contribution in [3.05, 3.63) is 53.3 Å². The van der Waals surface area contributed by atoms with E-state index in [9.17, 15) is 4.79 Å². The zero-order valence-corrected chi connectivity index (χ0v) is 13.5. The maximum atomic E-state index is 12.6. The lowest BCUT2D eigenvalue weighted by atomic mass is 9.92. The van der Waals surface area contributed by atoms with E-state index in [0.717, 1.165) is 36.9 Å². The van der Waals surface area contributed by atoms with Gasteiger partial charge in [0.25, 0.3) is 5.91 Å². The lowest BCUT2D eigenvalue weighted by Crippen LogP contribution is -2.41. The summed E-state index contributed by atoms with van der Waals surface area (Å²) < 4.78 is 1.79. The van der Waals surface area contributed by atoms with Crippen LogP contribution in [0.2, 0.25) is 0 Å². The standard InChI is InChI=1S/C18H24N4O/c1-13-11-17(18(23)20-16-9-7-15(19)8-10-16)22(21-13)12-14-5-3-2-4-6-14/h2-6,11,15-16H,7-10,12,19H2,1H3,(H,20,23)/t15-,16-. The number of nitrogens with two attached hydrogens (primary N) is 1. The van der Waals surface area contributed by atoms with Gasteiger partial charge in [-0.05, 0) is 44.2 Å². The highest BCUT2D eigenvalue weighted by Gasteiger charge is 2.22. The van der Waals surface area contributed by atoms with E-state index in [2.05, 4.69) is 10.4 Å². The molecular weight excluding hydrogens is 288 g/mol. The predicted molar refractivity (Wildman–Crippen MR) is 90.2 cm³/mol. The summed E-state index contributed by atoms with van der Waals surface area (Å²) in [6.07, 6.45) is 3.87. The van der Waals surface area contributed by atoms with E-state index in [-0.39, 0.29) is 18.0 Å². The summed E-state index contributed by atoms with van der Waals surface area (Å²) in [4.78, 5) is 12.6. The smallest absolute Gasteiger partial charge is 0.269 e. The van der Waals surface area contributed by atoms with Crippen LogP contribution in [0.1, 0.15) is 47.4 Å². The first-order valence-electron chi connectivity index (χ1n) is 8.26. The van der Waals surface area contributed by atoms with Crippen molar-refractivity contribution >= 4 is 5.91 Å². The van der Waals surface area contributed by atoms with Crippen molar-refractivity contribution in [2.75, 3.05) is 0 Å². The van der Waals surface area contributed by atoms with Gasteiger partial charge in [0.05, 0.1) is 12.2 Å². The quantitative estimate of drug-likeness (QED) is 0.909. The Kier molecular flexibility index (Phi) is 4.76. The molecule has 0 spiro atoms. The highest BCUT2D eigenvalue weighted by atomic mass is 16.2. The molecule has 1 heterocycles. The van der Waals surface area contributed by atoms with Gasteiger partial charge in [-0.2, -0.15) is 5.10 Å². The maximum Gasteiger partial charge on any atom is 0.269 e. The molecule has 122 valence electrons. The number of benzene rings is 1. The Balaban J connectivity index is 1.70. The molecule has 0 aliphatic heterocycles. The molecule has 1 aliphatic carbocycles. The SMILES string of the molecule is Cc1cc(C(=O)N[C@H]2CC[C@H](N)CC2)n(Cc2ccccc2)n1. The Morgan fingerprint density at radius 3 is 2.65 bits per heavy atom. The summed E-state index contributed by atoms with van der Waals surface area (Å²) in [6, 6.07) is 12.4. The lowest BCUT2D eigenvalue weighted by molar-refractivity contribution is 0.0915. The van der Waals surface area contributed by atoms with Gasteiger partial charge in [-0.25, -0.2) is 0 Å². The second kappa shape index (κ2) is 6.96. The maximum absolute atomic E-state index is 12.6. The summed E-state index contributed by atoms with van der Waals surface area (Å²) >= 11 is 0. The van der Waals surface area contributed by atoms with Gasteiger partial charge < -0.3 is 11.1 Å². The molecule has 1 saturated carbocycles. The number of carbonyl (C=O) groups excluding carboxylic acids is 1.